The van der Waals surface area contributed by atoms with Gasteiger partial charge in [-0.2, -0.15) is 0 Å². The Morgan fingerprint density at radius 2 is 1.44 bits per heavy atom. The molecule has 0 aromatic rings. The van der Waals surface area contributed by atoms with E-state index in [0.29, 0.717) is 0 Å². The third-order valence-corrected chi connectivity index (χ3v) is 0. The molecular weight excluding hydrogens is 182 g/mol. The molecule has 0 aromatic carbocycles. The zero-order valence-corrected chi connectivity index (χ0v) is 7.08. The summed E-state index contributed by atoms with van der Waals surface area (Å²) < 4.78 is 32.8. The van der Waals surface area contributed by atoms with Crippen molar-refractivity contribution in [1.29, 1.82) is 0 Å². The van der Waals surface area contributed by atoms with Crippen LogP contribution in [0.15, 0.2) is 5.34 Å². The standard InChI is InChI=1S/Ca.HNO2.H2O4S/c;2-1-3;1-5(2,3)4/h;(H,2,3);(H2,1,2,3,4)/q+2;;/p-2. The summed E-state index contributed by atoms with van der Waals surface area (Å²) in [4.78, 5) is 8.00. The maximum Gasteiger partial charge on any atom is 2.00 e. The van der Waals surface area contributed by atoms with Gasteiger partial charge in [0.1, 0.15) is 0 Å². The second-order valence-electron chi connectivity index (χ2n) is 0.502. The van der Waals surface area contributed by atoms with E-state index in [0.717, 1.165) is 5.34 Å². The largest absolute Gasteiger partial charge is 2.00 e. The van der Waals surface area contributed by atoms with Crippen LogP contribution in [0.3, 0.4) is 0 Å². The van der Waals surface area contributed by atoms with Gasteiger partial charge < -0.3 is 14.7 Å². The molecule has 0 aliphatic rings. The molecule has 0 aliphatic heterocycles. The molecular formula is HCaNO6S. The predicted molar refractivity (Wildman–Crippen MR) is 27.2 cm³/mol. The van der Waals surface area contributed by atoms with Crippen molar-refractivity contribution in [3.63, 3.8) is 0 Å². The molecule has 0 heterocycles. The second kappa shape index (κ2) is 8.53. The van der Waals surface area contributed by atoms with E-state index in [4.69, 9.17) is 27.6 Å². The molecule has 0 bridgehead atoms. The Morgan fingerprint density at radius 3 is 1.44 bits per heavy atom. The minimum Gasteiger partial charge on any atom is -0.726 e. The molecule has 0 atom stereocenters. The van der Waals surface area contributed by atoms with Crippen molar-refractivity contribution in [3.05, 3.63) is 10.1 Å². The topological polar surface area (TPSA) is 130 Å². The van der Waals surface area contributed by atoms with Crippen LogP contribution < -0.4 is 0 Å². The van der Waals surface area contributed by atoms with Crippen LogP contribution in [0.1, 0.15) is 0 Å². The molecule has 0 fully saturated rings. The van der Waals surface area contributed by atoms with E-state index in [1.807, 2.05) is 0 Å². The van der Waals surface area contributed by atoms with Crippen LogP contribution >= 0.6 is 0 Å². The predicted octanol–water partition coefficient (Wildman–Crippen LogP) is -1.13. The summed E-state index contributed by atoms with van der Waals surface area (Å²) >= 11 is 0. The van der Waals surface area contributed by atoms with Gasteiger partial charge in [0.05, 0.1) is 0 Å². The van der Waals surface area contributed by atoms with Gasteiger partial charge in [-0.05, 0) is 0 Å². The molecule has 0 rings (SSSR count). The molecule has 0 saturated carbocycles. The third kappa shape index (κ3) is 1300. The van der Waals surface area contributed by atoms with Crippen molar-refractivity contribution in [1.82, 2.24) is 0 Å². The zero-order valence-electron chi connectivity index (χ0n) is 4.05. The van der Waals surface area contributed by atoms with Crippen molar-refractivity contribution in [3.8, 4) is 0 Å². The normalized spacial score (nSPS) is 7.78. The minimum atomic E-state index is -4.92. The Morgan fingerprint density at radius 1 is 1.44 bits per heavy atom. The van der Waals surface area contributed by atoms with Crippen molar-refractivity contribution in [2.45, 2.75) is 0 Å². The molecule has 0 spiro atoms. The monoisotopic (exact) mass is 183 g/mol. The van der Waals surface area contributed by atoms with Gasteiger partial charge in [0, 0.05) is 0 Å². The van der Waals surface area contributed by atoms with E-state index >= 15 is 0 Å². The third-order valence-electron chi connectivity index (χ3n) is 0. The van der Waals surface area contributed by atoms with Crippen LogP contribution in [0, 0.1) is 10.1 Å². The molecule has 9 heteroatoms. The average molecular weight is 183 g/mol. The summed E-state index contributed by atoms with van der Waals surface area (Å²) in [5.41, 5.74) is 0. The molecule has 1 N–H and O–H groups in total. The van der Waals surface area contributed by atoms with Gasteiger partial charge in [-0.25, -0.2) is 8.42 Å². The molecule has 9 heavy (non-hydrogen) atoms. The molecule has 7 nitrogen and oxygen atoms in total. The number of nitrogens with zero attached hydrogens (tertiary/aromatic N) is 1. The van der Waals surface area contributed by atoms with Crippen LogP contribution in [-0.4, -0.2) is 55.3 Å². The molecule has 0 saturated heterocycles. The fourth-order valence-corrected chi connectivity index (χ4v) is 0. The zero-order chi connectivity index (χ0) is 7.21. The summed E-state index contributed by atoms with van der Waals surface area (Å²) in [7, 11) is -4.92. The first-order chi connectivity index (χ1) is 3.41. The van der Waals surface area contributed by atoms with Gasteiger partial charge >= 0.3 is 37.7 Å². The molecule has 0 aromatic heterocycles. The summed E-state index contributed by atoms with van der Waals surface area (Å²) in [6, 6.07) is 0. The SMILES string of the molecule is O=N[O-].O=S(=O)([O-])O.[Ca+2]. The van der Waals surface area contributed by atoms with Crippen LogP contribution in [0.5, 0.6) is 0 Å². The fourth-order valence-electron chi connectivity index (χ4n) is 0. The van der Waals surface area contributed by atoms with Crippen molar-refractivity contribution < 1.29 is 17.5 Å². The summed E-state index contributed by atoms with van der Waals surface area (Å²) in [5.74, 6) is 0. The molecule has 50 valence electrons. The molecule has 0 radical (unpaired) electrons. The average Bonchev–Trinajstić information content (AvgIpc) is 1.27. The first kappa shape index (κ1) is 16.3. The number of rotatable bonds is 0. The quantitative estimate of drug-likeness (QED) is 0.166. The number of hydrogen-bond acceptors (Lipinski definition) is 6. The van der Waals surface area contributed by atoms with E-state index < -0.39 is 10.4 Å². The van der Waals surface area contributed by atoms with E-state index in [2.05, 4.69) is 0 Å². The van der Waals surface area contributed by atoms with Crippen molar-refractivity contribution in [2.75, 3.05) is 0 Å². The van der Waals surface area contributed by atoms with Crippen LogP contribution in [0.2, 0.25) is 0 Å². The van der Waals surface area contributed by atoms with Gasteiger partial charge in [0.25, 0.3) is 0 Å². The maximum absolute atomic E-state index is 8.63. The van der Waals surface area contributed by atoms with Crippen LogP contribution in [0.4, 0.5) is 0 Å². The van der Waals surface area contributed by atoms with E-state index in [1.165, 1.54) is 0 Å². The summed E-state index contributed by atoms with van der Waals surface area (Å²) in [5, 5.41) is 9.00. The second-order valence-corrected chi connectivity index (χ2v) is 1.36. The first-order valence-electron chi connectivity index (χ1n) is 1.05. The Kier molecular flexibility index (Phi) is 15.4. The smallest absolute Gasteiger partial charge is 0.726 e. The minimum absolute atomic E-state index is 0. The van der Waals surface area contributed by atoms with Crippen molar-refractivity contribution in [2.24, 2.45) is 5.34 Å². The maximum atomic E-state index is 8.63. The van der Waals surface area contributed by atoms with Gasteiger partial charge in [-0.1, -0.05) is 0 Å². The molecule has 0 amide bonds. The first-order valence-corrected chi connectivity index (χ1v) is 2.41. The Labute approximate surface area is 80.6 Å². The summed E-state index contributed by atoms with van der Waals surface area (Å²) in [6.07, 6.45) is 0. The van der Waals surface area contributed by atoms with Crippen molar-refractivity contribution >= 4 is 48.1 Å². The molecule has 0 unspecified atom stereocenters. The van der Waals surface area contributed by atoms with Crippen LogP contribution in [0.25, 0.3) is 0 Å². The Bertz CT molecular complexity index is 127. The van der Waals surface area contributed by atoms with Crippen LogP contribution in [-0.2, 0) is 10.4 Å². The van der Waals surface area contributed by atoms with Gasteiger partial charge in [0.15, 0.2) is 0 Å². The molecule has 0 aliphatic carbocycles. The van der Waals surface area contributed by atoms with E-state index in [1.54, 1.807) is 0 Å². The Balaban J connectivity index is -0.0000000800. The summed E-state index contributed by atoms with van der Waals surface area (Å²) in [6.45, 7) is 0. The fraction of sp³-hybridized carbons (Fsp3) is 0. The van der Waals surface area contributed by atoms with E-state index in [-0.39, 0.29) is 37.7 Å². The van der Waals surface area contributed by atoms with E-state index in [9.17, 15) is 0 Å². The van der Waals surface area contributed by atoms with Gasteiger partial charge in [0.2, 0.25) is 10.4 Å². The van der Waals surface area contributed by atoms with Gasteiger partial charge in [-0.3, -0.25) is 4.55 Å². The number of hydrogen-bond donors (Lipinski definition) is 1. The Hall–Kier alpha value is 0.530. The van der Waals surface area contributed by atoms with Gasteiger partial charge in [-0.15, -0.1) is 5.34 Å².